The highest BCUT2D eigenvalue weighted by Gasteiger charge is 2.22. The first-order chi connectivity index (χ1) is 8.63. The standard InChI is InChI=1S/C10H14BrFN2O3S2/c1-6(5-18(2)15)14-19(16,17)10-4-9(13)8(12)3-7(10)11/h3-4,6,14H,5,13H2,1-2H3. The van der Waals surface area contributed by atoms with E-state index in [9.17, 15) is 17.0 Å². The minimum absolute atomic E-state index is 0.0801. The number of sulfonamides is 1. The highest BCUT2D eigenvalue weighted by Crippen LogP contribution is 2.26. The van der Waals surface area contributed by atoms with Gasteiger partial charge in [-0.2, -0.15) is 0 Å². The van der Waals surface area contributed by atoms with E-state index in [4.69, 9.17) is 5.73 Å². The summed E-state index contributed by atoms with van der Waals surface area (Å²) in [7, 11) is -4.98. The first-order valence-corrected chi connectivity index (χ1v) is 9.20. The van der Waals surface area contributed by atoms with Gasteiger partial charge in [0.1, 0.15) is 5.82 Å². The third kappa shape index (κ3) is 4.51. The van der Waals surface area contributed by atoms with E-state index in [0.717, 1.165) is 12.1 Å². The van der Waals surface area contributed by atoms with Crippen molar-refractivity contribution in [1.82, 2.24) is 4.72 Å². The minimum atomic E-state index is -3.85. The summed E-state index contributed by atoms with van der Waals surface area (Å²) >= 11 is 2.98. The Morgan fingerprint density at radius 1 is 1.53 bits per heavy atom. The van der Waals surface area contributed by atoms with Crippen molar-refractivity contribution in [2.24, 2.45) is 0 Å². The van der Waals surface area contributed by atoms with Gasteiger partial charge >= 0.3 is 0 Å². The Balaban J connectivity index is 3.07. The number of hydrogen-bond donors (Lipinski definition) is 2. The Kier molecular flexibility index (Phi) is 5.48. The molecule has 2 atom stereocenters. The number of nitrogens with two attached hydrogens (primary N) is 1. The topological polar surface area (TPSA) is 89.3 Å². The molecule has 0 spiro atoms. The van der Waals surface area contributed by atoms with Gasteiger partial charge in [0.05, 0.1) is 10.6 Å². The van der Waals surface area contributed by atoms with Gasteiger partial charge in [-0.1, -0.05) is 0 Å². The molecule has 108 valence electrons. The van der Waals surface area contributed by atoms with E-state index in [1.807, 2.05) is 0 Å². The third-order valence-corrected chi connectivity index (χ3v) is 5.70. The molecular weight excluding hydrogens is 359 g/mol. The van der Waals surface area contributed by atoms with Gasteiger partial charge in [0.15, 0.2) is 0 Å². The maximum Gasteiger partial charge on any atom is 0.242 e. The molecular formula is C10H14BrFN2O3S2. The first-order valence-electron chi connectivity index (χ1n) is 5.20. The van der Waals surface area contributed by atoms with E-state index in [2.05, 4.69) is 20.7 Å². The highest BCUT2D eigenvalue weighted by atomic mass is 79.9. The van der Waals surface area contributed by atoms with Crippen LogP contribution in [0.3, 0.4) is 0 Å². The zero-order valence-electron chi connectivity index (χ0n) is 10.3. The van der Waals surface area contributed by atoms with Gasteiger partial charge in [-0.05, 0) is 35.0 Å². The Hall–Kier alpha value is -0.510. The lowest BCUT2D eigenvalue weighted by Crippen LogP contribution is -2.36. The van der Waals surface area contributed by atoms with Gasteiger partial charge in [0.25, 0.3) is 0 Å². The summed E-state index contributed by atoms with van der Waals surface area (Å²) in [6.45, 7) is 1.60. The van der Waals surface area contributed by atoms with Gasteiger partial charge in [-0.3, -0.25) is 4.21 Å². The molecule has 0 fully saturated rings. The Morgan fingerprint density at radius 3 is 2.63 bits per heavy atom. The summed E-state index contributed by atoms with van der Waals surface area (Å²) in [5.41, 5.74) is 5.11. The van der Waals surface area contributed by atoms with E-state index in [0.29, 0.717) is 0 Å². The van der Waals surface area contributed by atoms with E-state index in [-0.39, 0.29) is 20.8 Å². The second-order valence-corrected chi connectivity index (χ2v) is 8.08. The lowest BCUT2D eigenvalue weighted by Gasteiger charge is -2.14. The van der Waals surface area contributed by atoms with Crippen molar-refractivity contribution in [2.45, 2.75) is 17.9 Å². The number of hydrogen-bond acceptors (Lipinski definition) is 4. The molecule has 19 heavy (non-hydrogen) atoms. The van der Waals surface area contributed by atoms with Crippen LogP contribution in [0, 0.1) is 5.82 Å². The van der Waals surface area contributed by atoms with E-state index >= 15 is 0 Å². The van der Waals surface area contributed by atoms with Crippen molar-refractivity contribution in [3.63, 3.8) is 0 Å². The van der Waals surface area contributed by atoms with Crippen molar-refractivity contribution >= 4 is 42.4 Å². The Bertz CT molecular complexity index is 607. The average molecular weight is 373 g/mol. The van der Waals surface area contributed by atoms with Crippen LogP contribution in [0.25, 0.3) is 0 Å². The molecule has 5 nitrogen and oxygen atoms in total. The smallest absolute Gasteiger partial charge is 0.242 e. The minimum Gasteiger partial charge on any atom is -0.396 e. The summed E-state index contributed by atoms with van der Waals surface area (Å²) in [5, 5.41) is 0. The molecule has 0 aliphatic carbocycles. The fraction of sp³-hybridized carbons (Fsp3) is 0.400. The summed E-state index contributed by atoms with van der Waals surface area (Å²) in [6, 6.07) is 1.53. The number of anilines is 1. The number of nitrogens with one attached hydrogen (secondary N) is 1. The Morgan fingerprint density at radius 2 is 2.11 bits per heavy atom. The van der Waals surface area contributed by atoms with Crippen molar-refractivity contribution in [3.05, 3.63) is 22.4 Å². The average Bonchev–Trinajstić information content (AvgIpc) is 2.20. The molecule has 0 saturated heterocycles. The quantitative estimate of drug-likeness (QED) is 0.760. The van der Waals surface area contributed by atoms with Crippen LogP contribution in [0.1, 0.15) is 6.92 Å². The largest absolute Gasteiger partial charge is 0.396 e. The van der Waals surface area contributed by atoms with Gasteiger partial charge in [-0.15, -0.1) is 0 Å². The zero-order valence-corrected chi connectivity index (χ0v) is 13.5. The predicted octanol–water partition coefficient (Wildman–Crippen LogP) is 1.22. The molecule has 0 saturated carbocycles. The molecule has 0 radical (unpaired) electrons. The zero-order chi connectivity index (χ0) is 14.8. The molecule has 9 heteroatoms. The van der Waals surface area contributed by atoms with Gasteiger partial charge in [0, 0.05) is 33.3 Å². The maximum absolute atomic E-state index is 13.2. The number of rotatable bonds is 5. The summed E-state index contributed by atoms with van der Waals surface area (Å²) in [4.78, 5) is -0.153. The molecule has 0 aromatic heterocycles. The summed E-state index contributed by atoms with van der Waals surface area (Å²) in [6.07, 6.45) is 1.48. The molecule has 2 unspecified atom stereocenters. The van der Waals surface area contributed by atoms with Crippen LogP contribution in [0.4, 0.5) is 10.1 Å². The molecule has 1 aromatic rings. The van der Waals surface area contributed by atoms with Crippen molar-refractivity contribution in [2.75, 3.05) is 17.7 Å². The molecule has 0 aliphatic heterocycles. The van der Waals surface area contributed by atoms with Crippen LogP contribution in [-0.2, 0) is 20.8 Å². The summed E-state index contributed by atoms with van der Waals surface area (Å²) < 4.78 is 50.8. The van der Waals surface area contributed by atoms with Crippen molar-refractivity contribution < 1.29 is 17.0 Å². The Labute approximate surface area is 122 Å². The SMILES string of the molecule is CC(CS(C)=O)NS(=O)(=O)c1cc(N)c(F)cc1Br. The first kappa shape index (κ1) is 16.5. The molecule has 0 heterocycles. The lowest BCUT2D eigenvalue weighted by atomic mass is 10.3. The van der Waals surface area contributed by atoms with Gasteiger partial charge < -0.3 is 5.73 Å². The van der Waals surface area contributed by atoms with Gasteiger partial charge in [-0.25, -0.2) is 17.5 Å². The fourth-order valence-electron chi connectivity index (χ4n) is 1.47. The van der Waals surface area contributed by atoms with Crippen LogP contribution in [0.15, 0.2) is 21.5 Å². The third-order valence-electron chi connectivity index (χ3n) is 2.18. The molecule has 1 rings (SSSR count). The molecule has 0 bridgehead atoms. The van der Waals surface area contributed by atoms with E-state index in [1.165, 1.54) is 6.26 Å². The van der Waals surface area contributed by atoms with Crippen molar-refractivity contribution in [3.8, 4) is 0 Å². The number of halogens is 2. The van der Waals surface area contributed by atoms with E-state index in [1.54, 1.807) is 6.92 Å². The second-order valence-electron chi connectivity index (χ2n) is 4.07. The van der Waals surface area contributed by atoms with Crippen LogP contribution in [0.5, 0.6) is 0 Å². The molecule has 0 aliphatic rings. The lowest BCUT2D eigenvalue weighted by molar-refractivity contribution is 0.569. The molecule has 0 amide bonds. The van der Waals surface area contributed by atoms with E-state index < -0.39 is 32.7 Å². The van der Waals surface area contributed by atoms with Crippen molar-refractivity contribution in [1.29, 1.82) is 0 Å². The van der Waals surface area contributed by atoms with Crippen LogP contribution in [-0.4, -0.2) is 30.7 Å². The second kappa shape index (κ2) is 6.29. The number of nitrogen functional groups attached to an aromatic ring is 1. The maximum atomic E-state index is 13.2. The fourth-order valence-corrected chi connectivity index (χ4v) is 4.65. The summed E-state index contributed by atoms with van der Waals surface area (Å²) in [5.74, 6) is -0.512. The number of benzene rings is 1. The molecule has 3 N–H and O–H groups in total. The normalized spacial score (nSPS) is 15.2. The predicted molar refractivity (Wildman–Crippen MR) is 77.2 cm³/mol. The van der Waals surface area contributed by atoms with Crippen LogP contribution < -0.4 is 10.5 Å². The van der Waals surface area contributed by atoms with Crippen LogP contribution in [0.2, 0.25) is 0 Å². The molecule has 1 aromatic carbocycles. The highest BCUT2D eigenvalue weighted by molar-refractivity contribution is 9.10. The van der Waals surface area contributed by atoms with Crippen LogP contribution >= 0.6 is 15.9 Å². The van der Waals surface area contributed by atoms with Gasteiger partial charge in [0.2, 0.25) is 10.0 Å². The monoisotopic (exact) mass is 372 g/mol.